The lowest BCUT2D eigenvalue weighted by molar-refractivity contribution is 0.0599. The van der Waals surface area contributed by atoms with Gasteiger partial charge in [0.15, 0.2) is 0 Å². The molecule has 2 aromatic rings. The van der Waals surface area contributed by atoms with Crippen molar-refractivity contribution in [3.05, 3.63) is 60.4 Å². The molecule has 0 unspecified atom stereocenters. The summed E-state index contributed by atoms with van der Waals surface area (Å²) in [6.45, 7) is 5.41. The van der Waals surface area contributed by atoms with Crippen LogP contribution in [0, 0.1) is 5.82 Å². The number of para-hydroxylation sites is 1. The fourth-order valence-corrected chi connectivity index (χ4v) is 1.83. The number of hydrogen-bond acceptors (Lipinski definition) is 2. The number of rotatable bonds is 2. The van der Waals surface area contributed by atoms with Gasteiger partial charge in [-0.25, -0.2) is 14.1 Å². The van der Waals surface area contributed by atoms with Crippen molar-refractivity contribution < 1.29 is 13.9 Å². The van der Waals surface area contributed by atoms with Crippen LogP contribution in [0.4, 0.5) is 20.6 Å². The van der Waals surface area contributed by atoms with Crippen molar-refractivity contribution in [1.29, 1.82) is 0 Å². The van der Waals surface area contributed by atoms with Crippen LogP contribution in [0.5, 0.6) is 0 Å². The molecular weight excluding hydrogens is 268 g/mol. The van der Waals surface area contributed by atoms with Crippen molar-refractivity contribution >= 4 is 17.5 Å². The zero-order valence-corrected chi connectivity index (χ0v) is 12.3. The van der Waals surface area contributed by atoms with Crippen LogP contribution < -0.4 is 4.90 Å². The van der Waals surface area contributed by atoms with E-state index in [0.29, 0.717) is 11.4 Å². The lowest BCUT2D eigenvalue weighted by atomic mass is 10.2. The summed E-state index contributed by atoms with van der Waals surface area (Å²) in [7, 11) is 0. The zero-order chi connectivity index (χ0) is 15.5. The fourth-order valence-electron chi connectivity index (χ4n) is 1.83. The van der Waals surface area contributed by atoms with E-state index in [0.717, 1.165) is 0 Å². The van der Waals surface area contributed by atoms with Gasteiger partial charge in [0.1, 0.15) is 11.4 Å². The normalized spacial score (nSPS) is 11.0. The third-order valence-corrected chi connectivity index (χ3v) is 2.68. The monoisotopic (exact) mass is 286 g/mol. The molecule has 0 radical (unpaired) electrons. The smallest absolute Gasteiger partial charge is 0.419 e. The highest BCUT2D eigenvalue weighted by atomic mass is 18.2. The number of anilines is 2. The maximum absolute atomic E-state index is 13.1. The Morgan fingerprint density at radius 3 is 2.00 bits per heavy atom. The molecule has 4 heteroatoms. The molecule has 0 bridgehead atoms. The molecule has 0 aliphatic rings. The third kappa shape index (κ3) is 4.05. The molecule has 2 aromatic carbocycles. The molecule has 0 aliphatic heterocycles. The quantitative estimate of drug-likeness (QED) is 0.786. The highest BCUT2D eigenvalue weighted by Gasteiger charge is 2.24. The van der Waals surface area contributed by atoms with Crippen LogP contribution in [0.15, 0.2) is 54.6 Å². The molecule has 0 saturated carbocycles. The maximum atomic E-state index is 13.1. The largest absolute Gasteiger partial charge is 0.443 e. The van der Waals surface area contributed by atoms with Crippen molar-refractivity contribution in [3.8, 4) is 0 Å². The van der Waals surface area contributed by atoms with E-state index in [-0.39, 0.29) is 5.82 Å². The summed E-state index contributed by atoms with van der Waals surface area (Å²) in [5.74, 6) is -0.351. The van der Waals surface area contributed by atoms with Crippen molar-refractivity contribution in [2.24, 2.45) is 0 Å². The molecule has 0 saturated heterocycles. The predicted octanol–water partition coefficient (Wildman–Crippen LogP) is 4.90. The molecule has 2 rings (SSSR count). The molecule has 0 spiro atoms. The molecular formula is C17H18FNO2. The lowest BCUT2D eigenvalue weighted by Crippen LogP contribution is -2.33. The van der Waals surface area contributed by atoms with Crippen LogP contribution in [0.1, 0.15) is 20.8 Å². The van der Waals surface area contributed by atoms with Crippen molar-refractivity contribution in [3.63, 3.8) is 0 Å². The van der Waals surface area contributed by atoms with Gasteiger partial charge in [0, 0.05) is 0 Å². The van der Waals surface area contributed by atoms with Crippen molar-refractivity contribution in [2.75, 3.05) is 4.90 Å². The Morgan fingerprint density at radius 2 is 1.48 bits per heavy atom. The van der Waals surface area contributed by atoms with Gasteiger partial charge in [-0.3, -0.25) is 0 Å². The Kier molecular flexibility index (Phi) is 4.26. The molecule has 3 nitrogen and oxygen atoms in total. The van der Waals surface area contributed by atoms with Gasteiger partial charge >= 0.3 is 6.09 Å². The van der Waals surface area contributed by atoms with Gasteiger partial charge < -0.3 is 4.74 Å². The van der Waals surface area contributed by atoms with Crippen LogP contribution in [0.25, 0.3) is 0 Å². The summed E-state index contributed by atoms with van der Waals surface area (Å²) in [5, 5.41) is 0. The summed E-state index contributed by atoms with van der Waals surface area (Å²) in [4.78, 5) is 13.9. The molecule has 0 aromatic heterocycles. The Morgan fingerprint density at radius 1 is 0.952 bits per heavy atom. The minimum atomic E-state index is -0.607. The van der Waals surface area contributed by atoms with E-state index in [4.69, 9.17) is 4.74 Å². The highest BCUT2D eigenvalue weighted by Crippen LogP contribution is 2.27. The van der Waals surface area contributed by atoms with Crippen LogP contribution >= 0.6 is 0 Å². The minimum absolute atomic E-state index is 0.351. The Bertz CT molecular complexity index is 603. The SMILES string of the molecule is CC(C)(C)OC(=O)N(c1ccccc1)c1ccc([18F])cc1. The molecule has 0 heterocycles. The third-order valence-electron chi connectivity index (χ3n) is 2.68. The molecule has 0 N–H and O–H groups in total. The van der Waals surface area contributed by atoms with Gasteiger partial charge in [0.05, 0.1) is 11.4 Å². The number of ether oxygens (including phenoxy) is 1. The van der Waals surface area contributed by atoms with Gasteiger partial charge in [-0.05, 0) is 57.2 Å². The van der Waals surface area contributed by atoms with E-state index in [1.165, 1.54) is 17.0 Å². The molecule has 0 aliphatic carbocycles. The number of hydrogen-bond donors (Lipinski definition) is 0. The van der Waals surface area contributed by atoms with E-state index in [1.807, 2.05) is 18.2 Å². The lowest BCUT2D eigenvalue weighted by Gasteiger charge is -2.27. The maximum Gasteiger partial charge on any atom is 0.419 e. The van der Waals surface area contributed by atoms with Gasteiger partial charge in [-0.1, -0.05) is 18.2 Å². The first kappa shape index (κ1) is 15.0. The molecule has 110 valence electrons. The average molecular weight is 286 g/mol. The van der Waals surface area contributed by atoms with Gasteiger partial charge in [-0.2, -0.15) is 0 Å². The van der Waals surface area contributed by atoms with E-state index >= 15 is 0 Å². The van der Waals surface area contributed by atoms with E-state index < -0.39 is 11.7 Å². The number of carbonyl (C=O) groups is 1. The summed E-state index contributed by atoms with van der Waals surface area (Å²) >= 11 is 0. The van der Waals surface area contributed by atoms with Crippen molar-refractivity contribution in [1.82, 2.24) is 0 Å². The summed E-state index contributed by atoms with van der Waals surface area (Å²) in [6, 6.07) is 14.8. The second kappa shape index (κ2) is 5.95. The van der Waals surface area contributed by atoms with E-state index in [2.05, 4.69) is 0 Å². The average Bonchev–Trinajstić information content (AvgIpc) is 2.40. The van der Waals surface area contributed by atoms with Gasteiger partial charge in [-0.15, -0.1) is 0 Å². The number of carbonyl (C=O) groups excluding carboxylic acids is 1. The fraction of sp³-hybridized carbons (Fsp3) is 0.235. The van der Waals surface area contributed by atoms with Crippen molar-refractivity contribution in [2.45, 2.75) is 26.4 Å². The minimum Gasteiger partial charge on any atom is -0.443 e. The van der Waals surface area contributed by atoms with Gasteiger partial charge in [0.2, 0.25) is 0 Å². The number of benzene rings is 2. The van der Waals surface area contributed by atoms with E-state index in [1.54, 1.807) is 45.0 Å². The first-order chi connectivity index (χ1) is 9.87. The molecule has 1 amide bonds. The van der Waals surface area contributed by atoms with Crippen LogP contribution in [0.2, 0.25) is 0 Å². The van der Waals surface area contributed by atoms with Crippen LogP contribution in [-0.4, -0.2) is 11.7 Å². The summed E-state index contributed by atoms with van der Waals surface area (Å²) in [6.07, 6.45) is -0.500. The topological polar surface area (TPSA) is 29.5 Å². The van der Waals surface area contributed by atoms with Gasteiger partial charge in [0.25, 0.3) is 0 Å². The van der Waals surface area contributed by atoms with Crippen LogP contribution in [-0.2, 0) is 4.74 Å². The summed E-state index contributed by atoms with van der Waals surface area (Å²) in [5.41, 5.74) is 0.611. The molecule has 0 fully saturated rings. The molecule has 0 atom stereocenters. The predicted molar refractivity (Wildman–Crippen MR) is 81.2 cm³/mol. The van der Waals surface area contributed by atoms with Crippen LogP contribution in [0.3, 0.4) is 0 Å². The Labute approximate surface area is 124 Å². The van der Waals surface area contributed by atoms with E-state index in [9.17, 15) is 9.18 Å². The first-order valence-corrected chi connectivity index (χ1v) is 6.70. The Hall–Kier alpha value is -2.36. The summed E-state index contributed by atoms with van der Waals surface area (Å²) < 4.78 is 18.5. The first-order valence-electron chi connectivity index (χ1n) is 6.70. The molecule has 21 heavy (non-hydrogen) atoms. The standard InChI is InChI=1S/C17H18FNO2/c1-17(2,3)21-16(20)19(14-7-5-4-6-8-14)15-11-9-13(18)10-12-15/h4-12H,1-3H3/i18-1. The second-order valence-corrected chi connectivity index (χ2v) is 5.63. The zero-order valence-electron chi connectivity index (χ0n) is 12.3. The second-order valence-electron chi connectivity index (χ2n) is 5.63. The number of amides is 1. The Balaban J connectivity index is 2.40. The highest BCUT2D eigenvalue weighted by molar-refractivity contribution is 5.96. The number of halogens is 1. The number of nitrogens with zero attached hydrogens (tertiary/aromatic N) is 1.